The first kappa shape index (κ1) is 11.9. The zero-order valence-corrected chi connectivity index (χ0v) is 7.61. The van der Waals surface area contributed by atoms with Gasteiger partial charge in [-0.05, 0) is 6.42 Å². The first-order chi connectivity index (χ1) is 6.99. The molecule has 0 heterocycles. The molecular weight excluding hydrogens is 214 g/mol. The Morgan fingerprint density at radius 1 is 1.13 bits per heavy atom. The van der Waals surface area contributed by atoms with Crippen molar-refractivity contribution in [2.24, 2.45) is 5.73 Å². The van der Waals surface area contributed by atoms with Crippen LogP contribution >= 0.6 is 0 Å². The molecule has 1 rings (SSSR count). The summed E-state index contributed by atoms with van der Waals surface area (Å²) in [6, 6.07) is -1.17. The Morgan fingerprint density at radius 2 is 1.60 bits per heavy atom. The van der Waals surface area contributed by atoms with E-state index in [1.807, 2.05) is 0 Å². The zero-order valence-electron chi connectivity index (χ0n) is 7.61. The number of hydrogen-bond acceptors (Lipinski definition) is 2. The number of hydrogen-bond donors (Lipinski definition) is 2. The Bertz CT molecular complexity index is 343. The minimum atomic E-state index is -1.52. The first-order valence-electron chi connectivity index (χ1n) is 4.18. The molecular formula is C9H9F4NO. The highest BCUT2D eigenvalue weighted by molar-refractivity contribution is 5.25. The van der Waals surface area contributed by atoms with E-state index >= 15 is 0 Å². The second kappa shape index (κ2) is 4.59. The molecule has 84 valence electrons. The third-order valence-corrected chi connectivity index (χ3v) is 1.96. The molecule has 15 heavy (non-hydrogen) atoms. The number of rotatable bonds is 3. The lowest BCUT2D eigenvalue weighted by Gasteiger charge is -2.13. The van der Waals surface area contributed by atoms with Crippen LogP contribution in [0.2, 0.25) is 0 Å². The fourth-order valence-corrected chi connectivity index (χ4v) is 1.20. The Morgan fingerprint density at radius 3 is 2.00 bits per heavy atom. The molecule has 0 aliphatic heterocycles. The van der Waals surface area contributed by atoms with Gasteiger partial charge in [-0.25, -0.2) is 17.6 Å². The zero-order chi connectivity index (χ0) is 11.6. The summed E-state index contributed by atoms with van der Waals surface area (Å²) in [4.78, 5) is 0. The van der Waals surface area contributed by atoms with Gasteiger partial charge in [-0.2, -0.15) is 0 Å². The van der Waals surface area contributed by atoms with Gasteiger partial charge in [0.2, 0.25) is 0 Å². The van der Waals surface area contributed by atoms with Crippen LogP contribution < -0.4 is 5.73 Å². The topological polar surface area (TPSA) is 46.2 Å². The van der Waals surface area contributed by atoms with E-state index in [4.69, 9.17) is 10.8 Å². The smallest absolute Gasteiger partial charge is 0.166 e. The third-order valence-electron chi connectivity index (χ3n) is 1.96. The summed E-state index contributed by atoms with van der Waals surface area (Å²) in [5.74, 6) is -6.04. The van der Waals surface area contributed by atoms with Gasteiger partial charge < -0.3 is 10.8 Å². The van der Waals surface area contributed by atoms with Crippen LogP contribution in [0, 0.1) is 23.3 Å². The van der Waals surface area contributed by atoms with E-state index in [-0.39, 0.29) is 12.5 Å². The van der Waals surface area contributed by atoms with Crippen LogP contribution in [0.3, 0.4) is 0 Å². The second-order valence-corrected chi connectivity index (χ2v) is 3.00. The highest BCUT2D eigenvalue weighted by atomic mass is 19.2. The number of aliphatic hydroxyl groups is 1. The molecule has 0 fully saturated rings. The van der Waals surface area contributed by atoms with Crippen molar-refractivity contribution in [1.29, 1.82) is 0 Å². The van der Waals surface area contributed by atoms with Crippen LogP contribution in [0.25, 0.3) is 0 Å². The molecule has 0 aliphatic carbocycles. The van der Waals surface area contributed by atoms with E-state index < -0.39 is 41.5 Å². The fourth-order valence-electron chi connectivity index (χ4n) is 1.20. The molecule has 3 N–H and O–H groups in total. The quantitative estimate of drug-likeness (QED) is 0.604. The maximum absolute atomic E-state index is 13.1. The van der Waals surface area contributed by atoms with E-state index in [0.717, 1.165) is 0 Å². The fraction of sp³-hybridized carbons (Fsp3) is 0.333. The molecule has 0 saturated heterocycles. The van der Waals surface area contributed by atoms with E-state index in [9.17, 15) is 17.6 Å². The lowest BCUT2D eigenvalue weighted by atomic mass is 10.0. The SMILES string of the molecule is N[C@@H](CCO)c1c(F)c(F)cc(F)c1F. The van der Waals surface area contributed by atoms with E-state index in [0.29, 0.717) is 0 Å². The van der Waals surface area contributed by atoms with Crippen molar-refractivity contribution in [3.63, 3.8) is 0 Å². The Hall–Kier alpha value is -1.14. The Labute approximate surface area is 83.3 Å². The molecule has 0 saturated carbocycles. The summed E-state index contributed by atoms with van der Waals surface area (Å²) < 4.78 is 51.6. The normalized spacial score (nSPS) is 12.9. The minimum Gasteiger partial charge on any atom is -0.396 e. The first-order valence-corrected chi connectivity index (χ1v) is 4.18. The predicted molar refractivity (Wildman–Crippen MR) is 44.9 cm³/mol. The number of aliphatic hydroxyl groups excluding tert-OH is 1. The summed E-state index contributed by atoms with van der Waals surface area (Å²) in [5.41, 5.74) is 4.40. The summed E-state index contributed by atoms with van der Waals surface area (Å²) >= 11 is 0. The van der Waals surface area contributed by atoms with Crippen molar-refractivity contribution in [2.75, 3.05) is 6.61 Å². The van der Waals surface area contributed by atoms with Crippen LogP contribution in [0.4, 0.5) is 17.6 Å². The van der Waals surface area contributed by atoms with Crippen molar-refractivity contribution < 1.29 is 22.7 Å². The number of nitrogens with two attached hydrogens (primary N) is 1. The van der Waals surface area contributed by atoms with E-state index in [1.54, 1.807) is 0 Å². The maximum atomic E-state index is 13.1. The molecule has 0 amide bonds. The minimum absolute atomic E-state index is 0.111. The highest BCUT2D eigenvalue weighted by Crippen LogP contribution is 2.25. The van der Waals surface area contributed by atoms with Gasteiger partial charge in [-0.1, -0.05) is 0 Å². The van der Waals surface area contributed by atoms with Crippen LogP contribution in [0.5, 0.6) is 0 Å². The van der Waals surface area contributed by atoms with Crippen molar-refractivity contribution in [1.82, 2.24) is 0 Å². The molecule has 0 spiro atoms. The summed E-state index contributed by atoms with van der Waals surface area (Å²) in [7, 11) is 0. The van der Waals surface area contributed by atoms with Gasteiger partial charge in [0.1, 0.15) is 0 Å². The largest absolute Gasteiger partial charge is 0.396 e. The van der Waals surface area contributed by atoms with Gasteiger partial charge in [-0.3, -0.25) is 0 Å². The van der Waals surface area contributed by atoms with Crippen molar-refractivity contribution in [3.8, 4) is 0 Å². The van der Waals surface area contributed by atoms with Crippen LogP contribution in [0.15, 0.2) is 6.07 Å². The van der Waals surface area contributed by atoms with Crippen molar-refractivity contribution in [2.45, 2.75) is 12.5 Å². The van der Waals surface area contributed by atoms with Gasteiger partial charge in [0.15, 0.2) is 23.3 Å². The van der Waals surface area contributed by atoms with Gasteiger partial charge in [-0.15, -0.1) is 0 Å². The van der Waals surface area contributed by atoms with Crippen LogP contribution in [0.1, 0.15) is 18.0 Å². The molecule has 1 aromatic rings. The van der Waals surface area contributed by atoms with Crippen molar-refractivity contribution >= 4 is 0 Å². The molecule has 0 unspecified atom stereocenters. The lowest BCUT2D eigenvalue weighted by Crippen LogP contribution is -2.17. The van der Waals surface area contributed by atoms with Crippen LogP contribution in [-0.2, 0) is 0 Å². The molecule has 0 aliphatic rings. The summed E-state index contributed by atoms with van der Waals surface area (Å²) in [6.07, 6.45) is -0.184. The Kier molecular flexibility index (Phi) is 3.65. The number of halogens is 4. The third kappa shape index (κ3) is 2.27. The molecule has 6 heteroatoms. The average Bonchev–Trinajstić information content (AvgIpc) is 2.16. The average molecular weight is 223 g/mol. The lowest BCUT2D eigenvalue weighted by molar-refractivity contribution is 0.272. The summed E-state index contributed by atoms with van der Waals surface area (Å²) in [5, 5.41) is 8.51. The maximum Gasteiger partial charge on any atom is 0.166 e. The standard InChI is InChI=1S/C9H9F4NO/c10-4-3-5(11)9(13)7(8(4)12)6(14)1-2-15/h3,6,15H,1-2,14H2/t6-/m0/s1. The van der Waals surface area contributed by atoms with Gasteiger partial charge in [0.25, 0.3) is 0 Å². The Balaban J connectivity index is 3.26. The van der Waals surface area contributed by atoms with E-state index in [1.165, 1.54) is 0 Å². The second-order valence-electron chi connectivity index (χ2n) is 3.00. The van der Waals surface area contributed by atoms with Gasteiger partial charge >= 0.3 is 0 Å². The van der Waals surface area contributed by atoms with Crippen molar-refractivity contribution in [3.05, 3.63) is 34.9 Å². The molecule has 1 aromatic carbocycles. The molecule has 0 aromatic heterocycles. The molecule has 0 bridgehead atoms. The molecule has 1 atom stereocenters. The highest BCUT2D eigenvalue weighted by Gasteiger charge is 2.23. The summed E-state index contributed by atoms with van der Waals surface area (Å²) in [6.45, 7) is -0.432. The van der Waals surface area contributed by atoms with Crippen LogP contribution in [-0.4, -0.2) is 11.7 Å². The monoisotopic (exact) mass is 223 g/mol. The molecule has 2 nitrogen and oxygen atoms in total. The predicted octanol–water partition coefficient (Wildman–Crippen LogP) is 1.63. The van der Waals surface area contributed by atoms with Gasteiger partial charge in [0, 0.05) is 24.3 Å². The van der Waals surface area contributed by atoms with Gasteiger partial charge in [0.05, 0.1) is 0 Å². The van der Waals surface area contributed by atoms with E-state index in [2.05, 4.69) is 0 Å². The molecule has 0 radical (unpaired) electrons. The number of benzene rings is 1.